The number of carbonyl (C=O) groups is 1. The van der Waals surface area contributed by atoms with Gasteiger partial charge in [-0.1, -0.05) is 18.9 Å². The molecule has 2 aliphatic rings. The fraction of sp³-hybridized carbons (Fsp3) is 0.696. The Morgan fingerprint density at radius 2 is 1.97 bits per heavy atom. The van der Waals surface area contributed by atoms with Gasteiger partial charge in [0.1, 0.15) is 0 Å². The van der Waals surface area contributed by atoms with Crippen LogP contribution in [-0.2, 0) is 11.2 Å². The van der Waals surface area contributed by atoms with E-state index in [9.17, 15) is 9.90 Å². The van der Waals surface area contributed by atoms with E-state index in [4.69, 9.17) is 19.9 Å². The van der Waals surface area contributed by atoms with Crippen molar-refractivity contribution in [1.82, 2.24) is 9.80 Å². The molecule has 0 radical (unpaired) electrons. The minimum atomic E-state index is -0.872. The topological polar surface area (TPSA) is 97.5 Å². The Labute approximate surface area is 185 Å². The lowest BCUT2D eigenvalue weighted by molar-refractivity contribution is -0.0304. The Morgan fingerprint density at radius 3 is 2.68 bits per heavy atom. The molecule has 8 nitrogen and oxygen atoms in total. The van der Waals surface area contributed by atoms with Crippen LogP contribution in [0.15, 0.2) is 18.2 Å². The number of hydrogen-bond acceptors (Lipinski definition) is 6. The van der Waals surface area contributed by atoms with Gasteiger partial charge in [-0.15, -0.1) is 0 Å². The highest BCUT2D eigenvalue weighted by Gasteiger charge is 2.37. The number of carboxylic acid groups (broad SMARTS) is 1. The summed E-state index contributed by atoms with van der Waals surface area (Å²) in [4.78, 5) is 15.5. The van der Waals surface area contributed by atoms with E-state index in [1.54, 1.807) is 14.2 Å². The maximum atomic E-state index is 11.6. The second kappa shape index (κ2) is 11.5. The molecule has 1 heterocycles. The fourth-order valence-corrected chi connectivity index (χ4v) is 4.95. The molecule has 8 heteroatoms. The molecule has 1 aliphatic carbocycles. The summed E-state index contributed by atoms with van der Waals surface area (Å²) in [6, 6.07) is 6.36. The fourth-order valence-electron chi connectivity index (χ4n) is 4.95. The second-order valence-electron chi connectivity index (χ2n) is 8.40. The highest BCUT2D eigenvalue weighted by atomic mass is 16.5. The molecular weight excluding hydrogens is 398 g/mol. The molecule has 1 saturated carbocycles. The zero-order valence-electron chi connectivity index (χ0n) is 18.8. The van der Waals surface area contributed by atoms with Crippen LogP contribution in [0.4, 0.5) is 4.79 Å². The minimum Gasteiger partial charge on any atom is -0.493 e. The summed E-state index contributed by atoms with van der Waals surface area (Å²) in [5.41, 5.74) is 6.78. The van der Waals surface area contributed by atoms with E-state index in [1.807, 2.05) is 18.2 Å². The lowest BCUT2D eigenvalue weighted by Crippen LogP contribution is -2.48. The molecule has 0 spiro atoms. The average molecular weight is 436 g/mol. The first-order valence-electron chi connectivity index (χ1n) is 11.3. The van der Waals surface area contributed by atoms with Crippen LogP contribution in [0.1, 0.15) is 37.7 Å². The lowest BCUT2D eigenvalue weighted by atomic mass is 9.91. The van der Waals surface area contributed by atoms with Crippen molar-refractivity contribution >= 4 is 6.09 Å². The van der Waals surface area contributed by atoms with Gasteiger partial charge in [-0.05, 0) is 43.4 Å². The van der Waals surface area contributed by atoms with Gasteiger partial charge < -0.3 is 30.0 Å². The molecule has 3 N–H and O–H groups in total. The molecule has 0 aromatic heterocycles. The zero-order chi connectivity index (χ0) is 22.2. The molecule has 1 amide bonds. The van der Waals surface area contributed by atoms with Gasteiger partial charge in [0, 0.05) is 38.3 Å². The third-order valence-electron chi connectivity index (χ3n) is 6.56. The lowest BCUT2D eigenvalue weighted by Gasteiger charge is -2.38. The van der Waals surface area contributed by atoms with E-state index < -0.39 is 6.09 Å². The molecule has 1 aromatic rings. The van der Waals surface area contributed by atoms with Crippen LogP contribution in [0.3, 0.4) is 0 Å². The Morgan fingerprint density at radius 1 is 1.19 bits per heavy atom. The largest absolute Gasteiger partial charge is 0.493 e. The molecule has 31 heavy (non-hydrogen) atoms. The summed E-state index contributed by atoms with van der Waals surface area (Å²) in [5.74, 6) is 1.47. The standard InChI is InChI=1S/C23H37N3O5/c1-29-21-8-7-17(15-22(21)30-2)10-14-31-20-6-4-3-5-19(20)25-12-9-18(16-25)26(13-11-24)23(27)28/h7-8,15,18-20H,3-6,9-14,16,24H2,1-2H3,(H,27,28). The van der Waals surface area contributed by atoms with Crippen molar-refractivity contribution in [2.24, 2.45) is 5.73 Å². The SMILES string of the molecule is COc1ccc(CCOC2CCCCC2N2CCC(N(CCN)C(=O)O)C2)cc1OC. The van der Waals surface area contributed by atoms with Crippen molar-refractivity contribution in [3.63, 3.8) is 0 Å². The Balaban J connectivity index is 1.54. The maximum absolute atomic E-state index is 11.6. The van der Waals surface area contributed by atoms with Gasteiger partial charge >= 0.3 is 6.09 Å². The third-order valence-corrected chi connectivity index (χ3v) is 6.56. The first-order chi connectivity index (χ1) is 15.1. The van der Waals surface area contributed by atoms with E-state index in [1.165, 1.54) is 17.7 Å². The van der Waals surface area contributed by atoms with Crippen molar-refractivity contribution in [2.45, 2.75) is 56.7 Å². The number of amides is 1. The summed E-state index contributed by atoms with van der Waals surface area (Å²) < 4.78 is 17.1. The molecule has 174 valence electrons. The number of ether oxygens (including phenoxy) is 3. The van der Waals surface area contributed by atoms with E-state index in [-0.39, 0.29) is 12.1 Å². The summed E-state index contributed by atoms with van der Waals surface area (Å²) in [6.07, 6.45) is 5.55. The Hall–Kier alpha value is -2.03. The van der Waals surface area contributed by atoms with E-state index in [0.717, 1.165) is 55.8 Å². The first kappa shape index (κ1) is 23.6. The molecule has 3 unspecified atom stereocenters. The summed E-state index contributed by atoms with van der Waals surface area (Å²) in [6.45, 7) is 3.09. The van der Waals surface area contributed by atoms with Crippen molar-refractivity contribution in [3.05, 3.63) is 23.8 Å². The van der Waals surface area contributed by atoms with Gasteiger partial charge in [0.15, 0.2) is 11.5 Å². The molecular formula is C23H37N3O5. The Kier molecular flexibility index (Phi) is 8.80. The number of likely N-dealkylation sites (tertiary alicyclic amines) is 1. The van der Waals surface area contributed by atoms with E-state index in [2.05, 4.69) is 4.90 Å². The molecule has 1 aromatic carbocycles. The number of rotatable bonds is 10. The van der Waals surface area contributed by atoms with Gasteiger partial charge in [0.25, 0.3) is 0 Å². The number of benzene rings is 1. The van der Waals surface area contributed by atoms with Crippen molar-refractivity contribution in [3.8, 4) is 11.5 Å². The molecule has 1 saturated heterocycles. The highest BCUT2D eigenvalue weighted by Crippen LogP contribution is 2.30. The van der Waals surface area contributed by atoms with Crippen LogP contribution >= 0.6 is 0 Å². The highest BCUT2D eigenvalue weighted by molar-refractivity contribution is 5.65. The molecule has 0 bridgehead atoms. The summed E-state index contributed by atoms with van der Waals surface area (Å²) in [5, 5.41) is 9.52. The number of methoxy groups -OCH3 is 2. The molecule has 3 rings (SSSR count). The number of hydrogen-bond donors (Lipinski definition) is 2. The maximum Gasteiger partial charge on any atom is 0.407 e. The van der Waals surface area contributed by atoms with Gasteiger partial charge in [-0.25, -0.2) is 4.79 Å². The van der Waals surface area contributed by atoms with E-state index in [0.29, 0.717) is 25.7 Å². The first-order valence-corrected chi connectivity index (χ1v) is 11.3. The number of nitrogens with zero attached hydrogens (tertiary/aromatic N) is 2. The van der Waals surface area contributed by atoms with Crippen LogP contribution in [0.25, 0.3) is 0 Å². The second-order valence-corrected chi connectivity index (χ2v) is 8.40. The van der Waals surface area contributed by atoms with Gasteiger partial charge in [-0.2, -0.15) is 0 Å². The average Bonchev–Trinajstić information content (AvgIpc) is 3.27. The van der Waals surface area contributed by atoms with Crippen LogP contribution in [-0.4, -0.2) is 86.2 Å². The monoisotopic (exact) mass is 435 g/mol. The smallest absolute Gasteiger partial charge is 0.407 e. The quantitative estimate of drug-likeness (QED) is 0.583. The number of nitrogens with two attached hydrogens (primary N) is 1. The molecule has 2 fully saturated rings. The van der Waals surface area contributed by atoms with Gasteiger partial charge in [0.2, 0.25) is 0 Å². The summed E-state index contributed by atoms with van der Waals surface area (Å²) >= 11 is 0. The predicted octanol–water partition coefficient (Wildman–Crippen LogP) is 2.59. The van der Waals surface area contributed by atoms with E-state index >= 15 is 0 Å². The van der Waals surface area contributed by atoms with Crippen LogP contribution in [0, 0.1) is 0 Å². The van der Waals surface area contributed by atoms with Crippen LogP contribution in [0.2, 0.25) is 0 Å². The van der Waals surface area contributed by atoms with Gasteiger partial charge in [-0.3, -0.25) is 4.90 Å². The zero-order valence-corrected chi connectivity index (χ0v) is 18.8. The minimum absolute atomic E-state index is 0.0235. The van der Waals surface area contributed by atoms with Crippen molar-refractivity contribution in [2.75, 3.05) is 47.0 Å². The summed E-state index contributed by atoms with van der Waals surface area (Å²) in [7, 11) is 3.28. The Bertz CT molecular complexity index is 716. The van der Waals surface area contributed by atoms with Crippen molar-refractivity contribution < 1.29 is 24.1 Å². The van der Waals surface area contributed by atoms with Crippen molar-refractivity contribution in [1.29, 1.82) is 0 Å². The molecule has 1 aliphatic heterocycles. The third kappa shape index (κ3) is 6.02. The predicted molar refractivity (Wildman–Crippen MR) is 119 cm³/mol. The van der Waals surface area contributed by atoms with Crippen LogP contribution in [0.5, 0.6) is 11.5 Å². The van der Waals surface area contributed by atoms with Crippen LogP contribution < -0.4 is 15.2 Å². The molecule has 3 atom stereocenters. The van der Waals surface area contributed by atoms with Gasteiger partial charge in [0.05, 0.1) is 26.9 Å². The normalized spacial score (nSPS) is 24.2.